The Hall–Kier alpha value is -2.18. The summed E-state index contributed by atoms with van der Waals surface area (Å²) in [4.78, 5) is 27.2. The second-order valence-electron chi connectivity index (χ2n) is 6.44. The maximum absolute atomic E-state index is 13.1. The van der Waals surface area contributed by atoms with Gasteiger partial charge in [0.05, 0.1) is 6.61 Å². The Labute approximate surface area is 174 Å². The molecule has 7 heteroatoms. The van der Waals surface area contributed by atoms with Crippen LogP contribution in [0.15, 0.2) is 54.6 Å². The molecule has 1 heterocycles. The van der Waals surface area contributed by atoms with Crippen molar-refractivity contribution in [2.75, 3.05) is 12.4 Å². The highest BCUT2D eigenvalue weighted by Gasteiger charge is 2.43. The van der Waals surface area contributed by atoms with Crippen molar-refractivity contribution in [2.45, 2.75) is 31.3 Å². The lowest BCUT2D eigenvalue weighted by Gasteiger charge is -2.29. The van der Waals surface area contributed by atoms with Gasteiger partial charge in [0.25, 0.3) is 0 Å². The molecular formula is C21H23ClN2O3S. The summed E-state index contributed by atoms with van der Waals surface area (Å²) < 4.78 is 5.33. The van der Waals surface area contributed by atoms with E-state index in [1.54, 1.807) is 11.0 Å². The molecule has 1 fully saturated rings. The number of benzene rings is 2. The monoisotopic (exact) mass is 418 g/mol. The molecule has 1 N–H and O–H groups in total. The molecule has 0 bridgehead atoms. The number of carbonyl (C=O) groups is 2. The number of nitrogens with one attached hydrogen (secondary N) is 1. The number of hydrogen-bond donors (Lipinski definition) is 1. The molecule has 28 heavy (non-hydrogen) atoms. The Kier molecular flexibility index (Phi) is 7.23. The Morgan fingerprint density at radius 3 is 2.61 bits per heavy atom. The van der Waals surface area contributed by atoms with Gasteiger partial charge in [0.15, 0.2) is 0 Å². The number of hydrogen-bond acceptors (Lipinski definition) is 4. The van der Waals surface area contributed by atoms with Gasteiger partial charge < -0.3 is 10.1 Å². The zero-order chi connectivity index (χ0) is 19.9. The first-order chi connectivity index (χ1) is 13.6. The first-order valence-corrected chi connectivity index (χ1v) is 10.7. The largest absolute Gasteiger partial charge is 0.464 e. The third kappa shape index (κ3) is 4.80. The van der Waals surface area contributed by atoms with Gasteiger partial charge in [0, 0.05) is 22.9 Å². The molecule has 2 aromatic rings. The summed E-state index contributed by atoms with van der Waals surface area (Å²) in [5.74, 6) is 0.0933. The maximum Gasteiger partial charge on any atom is 0.329 e. The molecule has 2 atom stereocenters. The average molecular weight is 419 g/mol. The predicted molar refractivity (Wildman–Crippen MR) is 112 cm³/mol. The van der Waals surface area contributed by atoms with Crippen LogP contribution in [-0.2, 0) is 16.1 Å². The van der Waals surface area contributed by atoms with Crippen molar-refractivity contribution in [2.24, 2.45) is 0 Å². The van der Waals surface area contributed by atoms with Crippen LogP contribution in [0.25, 0.3) is 0 Å². The molecule has 2 aromatic carbocycles. The topological polar surface area (TPSA) is 58.6 Å². The fourth-order valence-electron chi connectivity index (χ4n) is 3.01. The van der Waals surface area contributed by atoms with E-state index in [0.717, 1.165) is 17.5 Å². The average Bonchev–Trinajstić information content (AvgIpc) is 3.16. The zero-order valence-corrected chi connectivity index (χ0v) is 17.2. The molecule has 0 aliphatic carbocycles. The third-order valence-electron chi connectivity index (χ3n) is 4.41. The van der Waals surface area contributed by atoms with Crippen molar-refractivity contribution in [3.05, 3.63) is 70.7 Å². The van der Waals surface area contributed by atoms with Crippen LogP contribution in [-0.4, -0.2) is 35.3 Å². The Bertz CT molecular complexity index is 818. The summed E-state index contributed by atoms with van der Waals surface area (Å²) in [6.07, 6.45) is 0.736. The molecule has 1 saturated heterocycles. The zero-order valence-electron chi connectivity index (χ0n) is 15.6. The number of nitrogens with zero attached hydrogens (tertiary/aromatic N) is 1. The number of thioether (sulfide) groups is 1. The molecular weight excluding hydrogens is 396 g/mol. The Morgan fingerprint density at radius 2 is 1.89 bits per heavy atom. The number of amides is 2. The summed E-state index contributed by atoms with van der Waals surface area (Å²) in [5.41, 5.74) is 1.80. The highest BCUT2D eigenvalue weighted by atomic mass is 35.5. The molecule has 0 spiro atoms. The number of halogens is 1. The maximum atomic E-state index is 13.1. The van der Waals surface area contributed by atoms with E-state index in [1.165, 1.54) is 11.8 Å². The lowest BCUT2D eigenvalue weighted by Crippen LogP contribution is -2.48. The summed E-state index contributed by atoms with van der Waals surface area (Å²) in [5, 5.41) is 3.15. The van der Waals surface area contributed by atoms with Crippen LogP contribution in [0, 0.1) is 0 Å². The van der Waals surface area contributed by atoms with Crippen molar-refractivity contribution in [3.8, 4) is 0 Å². The van der Waals surface area contributed by atoms with E-state index in [2.05, 4.69) is 5.32 Å². The SMILES string of the molecule is CCCOC(=O)[C@@H]1CS[C@@H](c2ccccc2Cl)N1C(=O)NCc1ccccc1. The number of esters is 1. The number of ether oxygens (including phenoxy) is 1. The number of rotatable bonds is 6. The van der Waals surface area contributed by atoms with E-state index in [9.17, 15) is 9.59 Å². The van der Waals surface area contributed by atoms with E-state index in [4.69, 9.17) is 16.3 Å². The van der Waals surface area contributed by atoms with Crippen LogP contribution in [0.3, 0.4) is 0 Å². The van der Waals surface area contributed by atoms with Crippen molar-refractivity contribution in [1.29, 1.82) is 0 Å². The van der Waals surface area contributed by atoms with Crippen molar-refractivity contribution < 1.29 is 14.3 Å². The molecule has 0 unspecified atom stereocenters. The van der Waals surface area contributed by atoms with Gasteiger partial charge in [-0.1, -0.05) is 67.1 Å². The summed E-state index contributed by atoms with van der Waals surface area (Å²) >= 11 is 7.89. The van der Waals surface area contributed by atoms with Crippen LogP contribution >= 0.6 is 23.4 Å². The highest BCUT2D eigenvalue weighted by Crippen LogP contribution is 2.44. The molecule has 1 aliphatic rings. The predicted octanol–water partition coefficient (Wildman–Crippen LogP) is 4.62. The molecule has 0 aromatic heterocycles. The quantitative estimate of drug-likeness (QED) is 0.695. The normalized spacial score (nSPS) is 18.7. The van der Waals surface area contributed by atoms with Crippen LogP contribution in [0.5, 0.6) is 0 Å². The lowest BCUT2D eigenvalue weighted by atomic mass is 10.2. The van der Waals surface area contributed by atoms with E-state index < -0.39 is 6.04 Å². The summed E-state index contributed by atoms with van der Waals surface area (Å²) in [6, 6.07) is 16.1. The minimum absolute atomic E-state index is 0.308. The van der Waals surface area contributed by atoms with Gasteiger partial charge in [-0.2, -0.15) is 0 Å². The van der Waals surface area contributed by atoms with E-state index in [-0.39, 0.29) is 17.4 Å². The summed E-state index contributed by atoms with van der Waals surface area (Å²) in [7, 11) is 0. The molecule has 5 nitrogen and oxygen atoms in total. The molecule has 3 rings (SSSR count). The first-order valence-electron chi connectivity index (χ1n) is 9.24. The minimum Gasteiger partial charge on any atom is -0.464 e. The fourth-order valence-corrected chi connectivity index (χ4v) is 4.77. The van der Waals surface area contributed by atoms with E-state index in [1.807, 2.05) is 55.5 Å². The van der Waals surface area contributed by atoms with Crippen molar-refractivity contribution in [3.63, 3.8) is 0 Å². The number of urea groups is 1. The van der Waals surface area contributed by atoms with Crippen LogP contribution in [0.1, 0.15) is 29.8 Å². The standard InChI is InChI=1S/C21H23ClN2O3S/c1-2-12-27-20(25)18-14-28-19(16-10-6-7-11-17(16)22)24(18)21(26)23-13-15-8-4-3-5-9-15/h3-11,18-19H,2,12-14H2,1H3,(H,23,26)/t18-,19-/m0/s1. The van der Waals surface area contributed by atoms with Gasteiger partial charge in [-0.3, -0.25) is 4.90 Å². The molecule has 0 saturated carbocycles. The Morgan fingerprint density at radius 1 is 1.18 bits per heavy atom. The minimum atomic E-state index is -0.645. The first kappa shape index (κ1) is 20.6. The second kappa shape index (κ2) is 9.85. The molecule has 1 aliphatic heterocycles. The van der Waals surface area contributed by atoms with Crippen LogP contribution in [0.2, 0.25) is 5.02 Å². The van der Waals surface area contributed by atoms with Crippen LogP contribution < -0.4 is 5.32 Å². The highest BCUT2D eigenvalue weighted by molar-refractivity contribution is 7.99. The second-order valence-corrected chi connectivity index (χ2v) is 7.96. The third-order valence-corrected chi connectivity index (χ3v) is 6.06. The van der Waals surface area contributed by atoms with E-state index >= 15 is 0 Å². The van der Waals surface area contributed by atoms with Gasteiger partial charge in [0.2, 0.25) is 0 Å². The Balaban J connectivity index is 1.81. The smallest absolute Gasteiger partial charge is 0.329 e. The molecule has 0 radical (unpaired) electrons. The van der Waals surface area contributed by atoms with Gasteiger partial charge in [-0.05, 0) is 18.1 Å². The van der Waals surface area contributed by atoms with Gasteiger partial charge in [0.1, 0.15) is 11.4 Å². The van der Waals surface area contributed by atoms with Crippen LogP contribution in [0.4, 0.5) is 4.79 Å². The van der Waals surface area contributed by atoms with Gasteiger partial charge >= 0.3 is 12.0 Å². The fraction of sp³-hybridized carbons (Fsp3) is 0.333. The molecule has 2 amide bonds. The molecule has 148 valence electrons. The van der Waals surface area contributed by atoms with Crippen molar-refractivity contribution in [1.82, 2.24) is 10.2 Å². The van der Waals surface area contributed by atoms with Gasteiger partial charge in [-0.15, -0.1) is 11.8 Å². The lowest BCUT2D eigenvalue weighted by molar-refractivity contribution is -0.148. The van der Waals surface area contributed by atoms with Crippen molar-refractivity contribution >= 4 is 35.4 Å². The summed E-state index contributed by atoms with van der Waals surface area (Å²) in [6.45, 7) is 2.66. The van der Waals surface area contributed by atoms with Gasteiger partial charge in [-0.25, -0.2) is 9.59 Å². The number of carbonyl (C=O) groups excluding carboxylic acids is 2. The van der Waals surface area contributed by atoms with E-state index in [0.29, 0.717) is 23.9 Å².